The van der Waals surface area contributed by atoms with Crippen LogP contribution in [0.3, 0.4) is 0 Å². The van der Waals surface area contributed by atoms with Crippen molar-refractivity contribution < 1.29 is 23.8 Å². The maximum atomic E-state index is 12.2. The highest BCUT2D eigenvalue weighted by Crippen LogP contribution is 2.29. The van der Waals surface area contributed by atoms with Crippen LogP contribution in [-0.2, 0) is 9.53 Å². The number of aromatic nitrogens is 2. The molecule has 9 nitrogen and oxygen atoms in total. The summed E-state index contributed by atoms with van der Waals surface area (Å²) in [6, 6.07) is 5.06. The van der Waals surface area contributed by atoms with Crippen LogP contribution in [0.4, 0.5) is 11.5 Å². The fourth-order valence-corrected chi connectivity index (χ4v) is 2.65. The van der Waals surface area contributed by atoms with Crippen molar-refractivity contribution in [1.29, 1.82) is 0 Å². The molecule has 2 rings (SSSR count). The molecule has 0 aliphatic heterocycles. The molecule has 1 amide bonds. The van der Waals surface area contributed by atoms with Crippen molar-refractivity contribution >= 4 is 35.1 Å². The Bertz CT molecular complexity index is 831. The van der Waals surface area contributed by atoms with Gasteiger partial charge in [0, 0.05) is 12.3 Å². The number of methoxy groups -OCH3 is 2. The second kappa shape index (κ2) is 9.62. The summed E-state index contributed by atoms with van der Waals surface area (Å²) in [5.41, 5.74) is 6.36. The van der Waals surface area contributed by atoms with Crippen molar-refractivity contribution in [3.05, 3.63) is 30.0 Å². The van der Waals surface area contributed by atoms with E-state index in [-0.39, 0.29) is 34.8 Å². The normalized spacial score (nSPS) is 10.2. The molecule has 0 aliphatic carbocycles. The molecule has 1 heterocycles. The van der Waals surface area contributed by atoms with E-state index in [4.69, 9.17) is 19.9 Å². The lowest BCUT2D eigenvalue weighted by Gasteiger charge is -2.11. The lowest BCUT2D eigenvalue weighted by atomic mass is 10.2. The zero-order valence-electron chi connectivity index (χ0n) is 15.1. The van der Waals surface area contributed by atoms with Gasteiger partial charge < -0.3 is 25.3 Å². The van der Waals surface area contributed by atoms with Gasteiger partial charge in [0.15, 0.2) is 5.16 Å². The maximum absolute atomic E-state index is 12.2. The van der Waals surface area contributed by atoms with Crippen molar-refractivity contribution in [3.8, 4) is 11.5 Å². The molecule has 144 valence electrons. The van der Waals surface area contributed by atoms with Crippen molar-refractivity contribution in [2.75, 3.05) is 37.6 Å². The Hall–Kier alpha value is -3.01. The summed E-state index contributed by atoms with van der Waals surface area (Å²) in [6.45, 7) is 1.92. The van der Waals surface area contributed by atoms with Gasteiger partial charge in [-0.1, -0.05) is 11.8 Å². The average Bonchev–Trinajstić information content (AvgIpc) is 2.66. The minimum absolute atomic E-state index is 0.00295. The van der Waals surface area contributed by atoms with E-state index in [0.717, 1.165) is 11.8 Å². The first-order chi connectivity index (χ1) is 13.0. The molecule has 0 unspecified atom stereocenters. The summed E-state index contributed by atoms with van der Waals surface area (Å²) >= 11 is 1.08. The standard InChI is InChI=1S/C17H20N4O5S/c1-4-26-16(23)11-8-19-17(21-15(11)18)27-9-14(22)20-12-6-5-10(24-2)7-13(12)25-3/h5-8H,4,9H2,1-3H3,(H,20,22)(H2,18,19,21). The van der Waals surface area contributed by atoms with Gasteiger partial charge in [0.25, 0.3) is 0 Å². The van der Waals surface area contributed by atoms with Crippen LogP contribution in [-0.4, -0.2) is 48.4 Å². The van der Waals surface area contributed by atoms with E-state index in [9.17, 15) is 9.59 Å². The van der Waals surface area contributed by atoms with Crippen molar-refractivity contribution in [2.24, 2.45) is 0 Å². The number of benzene rings is 1. The van der Waals surface area contributed by atoms with E-state index in [2.05, 4.69) is 15.3 Å². The van der Waals surface area contributed by atoms with Crippen LogP contribution in [0, 0.1) is 0 Å². The molecule has 10 heteroatoms. The third kappa shape index (κ3) is 5.48. The zero-order valence-corrected chi connectivity index (χ0v) is 16.0. The van der Waals surface area contributed by atoms with Gasteiger partial charge in [-0.3, -0.25) is 4.79 Å². The molecule has 0 radical (unpaired) electrons. The number of esters is 1. The molecule has 2 aromatic rings. The predicted octanol–water partition coefficient (Wildman–Crippen LogP) is 1.98. The van der Waals surface area contributed by atoms with Crippen LogP contribution in [0.1, 0.15) is 17.3 Å². The van der Waals surface area contributed by atoms with Crippen LogP contribution in [0.25, 0.3) is 0 Å². The Balaban J connectivity index is 1.98. The first-order valence-electron chi connectivity index (χ1n) is 7.92. The summed E-state index contributed by atoms with van der Waals surface area (Å²) in [5.74, 6) is 0.281. The third-order valence-corrected chi connectivity index (χ3v) is 4.17. The third-order valence-electron chi connectivity index (χ3n) is 3.31. The SMILES string of the molecule is CCOC(=O)c1cnc(SCC(=O)Nc2ccc(OC)cc2OC)nc1N. The van der Waals surface area contributed by atoms with E-state index in [1.165, 1.54) is 13.3 Å². The number of hydrogen-bond acceptors (Lipinski definition) is 9. The Morgan fingerprint density at radius 1 is 1.26 bits per heavy atom. The number of carbonyl (C=O) groups is 2. The molecule has 0 bridgehead atoms. The number of nitrogens with two attached hydrogens (primary N) is 1. The number of ether oxygens (including phenoxy) is 3. The van der Waals surface area contributed by atoms with Gasteiger partial charge >= 0.3 is 5.97 Å². The molecule has 0 atom stereocenters. The Morgan fingerprint density at radius 3 is 2.67 bits per heavy atom. The van der Waals surface area contributed by atoms with Gasteiger partial charge in [-0.2, -0.15) is 0 Å². The van der Waals surface area contributed by atoms with Gasteiger partial charge in [-0.05, 0) is 19.1 Å². The maximum Gasteiger partial charge on any atom is 0.343 e. The number of hydrogen-bond donors (Lipinski definition) is 2. The zero-order chi connectivity index (χ0) is 19.8. The molecule has 0 spiro atoms. The van der Waals surface area contributed by atoms with Crippen molar-refractivity contribution in [1.82, 2.24) is 9.97 Å². The minimum Gasteiger partial charge on any atom is -0.497 e. The van der Waals surface area contributed by atoms with Crippen molar-refractivity contribution in [2.45, 2.75) is 12.1 Å². The number of anilines is 2. The first kappa shape index (κ1) is 20.3. The highest BCUT2D eigenvalue weighted by Gasteiger charge is 2.15. The van der Waals surface area contributed by atoms with E-state index < -0.39 is 5.97 Å². The molecule has 0 saturated carbocycles. The highest BCUT2D eigenvalue weighted by molar-refractivity contribution is 7.99. The number of nitrogens with one attached hydrogen (secondary N) is 1. The summed E-state index contributed by atoms with van der Waals surface area (Å²) < 4.78 is 15.2. The molecule has 1 aromatic heterocycles. The quantitative estimate of drug-likeness (QED) is 0.394. The van der Waals surface area contributed by atoms with Crippen LogP contribution < -0.4 is 20.5 Å². The summed E-state index contributed by atoms with van der Waals surface area (Å²) in [5, 5.41) is 3.02. The Kier molecular flexibility index (Phi) is 7.24. The van der Waals surface area contributed by atoms with E-state index >= 15 is 0 Å². The van der Waals surface area contributed by atoms with E-state index in [1.807, 2.05) is 0 Å². The Morgan fingerprint density at radius 2 is 2.04 bits per heavy atom. The molecular formula is C17H20N4O5S. The molecular weight excluding hydrogens is 372 g/mol. The van der Waals surface area contributed by atoms with E-state index in [0.29, 0.717) is 17.2 Å². The summed E-state index contributed by atoms with van der Waals surface area (Å²) in [6.07, 6.45) is 1.28. The summed E-state index contributed by atoms with van der Waals surface area (Å²) in [7, 11) is 3.05. The number of nitrogens with zero attached hydrogens (tertiary/aromatic N) is 2. The van der Waals surface area contributed by atoms with Gasteiger partial charge in [0.1, 0.15) is 22.9 Å². The number of nitrogen functional groups attached to an aromatic ring is 1. The van der Waals surface area contributed by atoms with Gasteiger partial charge in [-0.25, -0.2) is 14.8 Å². The molecule has 1 aromatic carbocycles. The second-order valence-electron chi connectivity index (χ2n) is 5.08. The van der Waals surface area contributed by atoms with Gasteiger partial charge in [-0.15, -0.1) is 0 Å². The highest BCUT2D eigenvalue weighted by atomic mass is 32.2. The number of carbonyl (C=O) groups excluding carboxylic acids is 2. The lowest BCUT2D eigenvalue weighted by Crippen LogP contribution is -2.15. The summed E-state index contributed by atoms with van der Waals surface area (Å²) in [4.78, 5) is 31.9. The lowest BCUT2D eigenvalue weighted by molar-refractivity contribution is -0.113. The fourth-order valence-electron chi connectivity index (χ4n) is 2.03. The molecule has 27 heavy (non-hydrogen) atoms. The van der Waals surface area contributed by atoms with Crippen molar-refractivity contribution in [3.63, 3.8) is 0 Å². The molecule has 0 fully saturated rings. The first-order valence-corrected chi connectivity index (χ1v) is 8.91. The van der Waals surface area contributed by atoms with Crippen LogP contribution in [0.5, 0.6) is 11.5 Å². The minimum atomic E-state index is -0.587. The Labute approximate surface area is 160 Å². The fraction of sp³-hybridized carbons (Fsp3) is 0.294. The largest absolute Gasteiger partial charge is 0.497 e. The molecule has 0 aliphatic rings. The second-order valence-corrected chi connectivity index (χ2v) is 6.02. The average molecular weight is 392 g/mol. The van der Waals surface area contributed by atoms with Crippen LogP contribution in [0.15, 0.2) is 29.6 Å². The smallest absolute Gasteiger partial charge is 0.343 e. The number of rotatable bonds is 8. The van der Waals surface area contributed by atoms with Crippen LogP contribution in [0.2, 0.25) is 0 Å². The van der Waals surface area contributed by atoms with Gasteiger partial charge in [0.05, 0.1) is 32.3 Å². The monoisotopic (exact) mass is 392 g/mol. The molecule has 0 saturated heterocycles. The van der Waals surface area contributed by atoms with Gasteiger partial charge in [0.2, 0.25) is 5.91 Å². The number of thioether (sulfide) groups is 1. The topological polar surface area (TPSA) is 126 Å². The van der Waals surface area contributed by atoms with Crippen LogP contribution >= 0.6 is 11.8 Å². The van der Waals surface area contributed by atoms with E-state index in [1.54, 1.807) is 32.2 Å². The predicted molar refractivity (Wildman–Crippen MR) is 101 cm³/mol. The number of amides is 1. The molecule has 3 N–H and O–H groups in total.